The number of benzene rings is 1. The maximum absolute atomic E-state index is 12.0. The molecule has 0 radical (unpaired) electrons. The van der Waals surface area contributed by atoms with Gasteiger partial charge in [-0.05, 0) is 43.5 Å². The maximum Gasteiger partial charge on any atom is 0.225 e. The van der Waals surface area contributed by atoms with Crippen molar-refractivity contribution < 1.29 is 14.3 Å². The van der Waals surface area contributed by atoms with Gasteiger partial charge in [-0.2, -0.15) is 0 Å². The lowest BCUT2D eigenvalue weighted by Crippen LogP contribution is -2.28. The Kier molecular flexibility index (Phi) is 4.34. The van der Waals surface area contributed by atoms with Gasteiger partial charge in [0.25, 0.3) is 0 Å². The lowest BCUT2D eigenvalue weighted by molar-refractivity contribution is -0.123. The molecule has 1 aromatic carbocycles. The number of methoxy groups -OCH3 is 1. The molecule has 1 fully saturated rings. The van der Waals surface area contributed by atoms with Gasteiger partial charge >= 0.3 is 0 Å². The summed E-state index contributed by atoms with van der Waals surface area (Å²) in [5.74, 6) is 0.994. The lowest BCUT2D eigenvalue weighted by atomic mass is 10.1. The standard InChI is InChI=1S/C17H22N2O3/c1-3-22-16-9-14(16)17(20)18-7-6-11-10-19-15-5-4-12(21-2)8-13(11)15/h4-5,8,10,14,16,19H,3,6-7,9H2,1-2H3,(H,18,20)/t14-,16+/m1/s1. The minimum Gasteiger partial charge on any atom is -0.497 e. The molecule has 22 heavy (non-hydrogen) atoms. The first-order chi connectivity index (χ1) is 10.7. The number of carbonyl (C=O) groups is 1. The van der Waals surface area contributed by atoms with Gasteiger partial charge in [0, 0.05) is 30.3 Å². The normalized spacial score (nSPS) is 20.1. The van der Waals surface area contributed by atoms with Gasteiger partial charge in [-0.15, -0.1) is 0 Å². The highest BCUT2D eigenvalue weighted by molar-refractivity contribution is 5.85. The number of carbonyl (C=O) groups excluding carboxylic acids is 1. The van der Waals surface area contributed by atoms with E-state index < -0.39 is 0 Å². The number of fused-ring (bicyclic) bond motifs is 1. The summed E-state index contributed by atoms with van der Waals surface area (Å²) >= 11 is 0. The third kappa shape index (κ3) is 3.09. The van der Waals surface area contributed by atoms with Gasteiger partial charge in [-0.3, -0.25) is 4.79 Å². The van der Waals surface area contributed by atoms with E-state index in [4.69, 9.17) is 9.47 Å². The molecule has 5 heteroatoms. The minimum absolute atomic E-state index is 0.0445. The molecule has 5 nitrogen and oxygen atoms in total. The van der Waals surface area contributed by atoms with E-state index in [-0.39, 0.29) is 17.9 Å². The van der Waals surface area contributed by atoms with Crippen molar-refractivity contribution in [3.63, 3.8) is 0 Å². The second kappa shape index (κ2) is 6.40. The van der Waals surface area contributed by atoms with Crippen LogP contribution >= 0.6 is 0 Å². The van der Waals surface area contributed by atoms with Crippen molar-refractivity contribution in [1.29, 1.82) is 0 Å². The largest absolute Gasteiger partial charge is 0.497 e. The van der Waals surface area contributed by atoms with Crippen LogP contribution in [0.15, 0.2) is 24.4 Å². The number of aromatic amines is 1. The molecular weight excluding hydrogens is 280 g/mol. The van der Waals surface area contributed by atoms with Crippen molar-refractivity contribution in [2.75, 3.05) is 20.3 Å². The third-order valence-electron chi connectivity index (χ3n) is 4.12. The van der Waals surface area contributed by atoms with Crippen molar-refractivity contribution >= 4 is 16.8 Å². The average molecular weight is 302 g/mol. The second-order valence-electron chi connectivity index (χ2n) is 5.60. The first-order valence-corrected chi connectivity index (χ1v) is 7.76. The highest BCUT2D eigenvalue weighted by Gasteiger charge is 2.43. The zero-order chi connectivity index (χ0) is 15.5. The number of amides is 1. The molecule has 0 bridgehead atoms. The summed E-state index contributed by atoms with van der Waals surface area (Å²) in [4.78, 5) is 15.2. The van der Waals surface area contributed by atoms with E-state index >= 15 is 0 Å². The predicted molar refractivity (Wildman–Crippen MR) is 85.1 cm³/mol. The average Bonchev–Trinajstić information content (AvgIpc) is 3.19. The van der Waals surface area contributed by atoms with E-state index in [2.05, 4.69) is 10.3 Å². The number of H-pyrrole nitrogens is 1. The second-order valence-corrected chi connectivity index (χ2v) is 5.60. The molecule has 1 aliphatic carbocycles. The molecule has 118 valence electrons. The zero-order valence-electron chi connectivity index (χ0n) is 13.0. The van der Waals surface area contributed by atoms with Crippen LogP contribution in [0.4, 0.5) is 0 Å². The third-order valence-corrected chi connectivity index (χ3v) is 4.12. The number of nitrogens with one attached hydrogen (secondary N) is 2. The fourth-order valence-electron chi connectivity index (χ4n) is 2.79. The van der Waals surface area contributed by atoms with Crippen LogP contribution in [0.25, 0.3) is 10.9 Å². The molecule has 3 rings (SSSR count). The maximum atomic E-state index is 12.0. The van der Waals surface area contributed by atoms with Crippen LogP contribution in [-0.2, 0) is 16.0 Å². The molecule has 1 saturated carbocycles. The lowest BCUT2D eigenvalue weighted by Gasteiger charge is -2.05. The smallest absolute Gasteiger partial charge is 0.225 e. The Hall–Kier alpha value is -2.01. The molecule has 0 saturated heterocycles. The summed E-state index contributed by atoms with van der Waals surface area (Å²) in [5, 5.41) is 4.15. The zero-order valence-corrected chi connectivity index (χ0v) is 13.0. The quantitative estimate of drug-likeness (QED) is 0.824. The highest BCUT2D eigenvalue weighted by atomic mass is 16.5. The minimum atomic E-state index is 0.0445. The van der Waals surface area contributed by atoms with Crippen LogP contribution in [0.3, 0.4) is 0 Å². The Bertz CT molecular complexity index is 665. The molecule has 0 unspecified atom stereocenters. The first-order valence-electron chi connectivity index (χ1n) is 7.76. The van der Waals surface area contributed by atoms with Gasteiger partial charge in [-0.25, -0.2) is 0 Å². The van der Waals surface area contributed by atoms with E-state index in [1.807, 2.05) is 31.3 Å². The summed E-state index contributed by atoms with van der Waals surface area (Å²) in [5.41, 5.74) is 2.27. The Morgan fingerprint density at radius 2 is 2.32 bits per heavy atom. The molecule has 1 heterocycles. The molecular formula is C17H22N2O3. The van der Waals surface area contributed by atoms with Gasteiger partial charge in [0.2, 0.25) is 5.91 Å². The SMILES string of the molecule is CCO[C@H]1C[C@H]1C(=O)NCCc1c[nH]c2ccc(OC)cc12. The van der Waals surface area contributed by atoms with E-state index in [1.54, 1.807) is 7.11 Å². The Labute approximate surface area is 130 Å². The molecule has 2 atom stereocenters. The predicted octanol–water partition coefficient (Wildman–Crippen LogP) is 2.26. The van der Waals surface area contributed by atoms with Crippen molar-refractivity contribution in [2.24, 2.45) is 5.92 Å². The molecule has 1 aliphatic rings. The molecule has 1 amide bonds. The van der Waals surface area contributed by atoms with Crippen molar-refractivity contribution in [3.8, 4) is 5.75 Å². The summed E-state index contributed by atoms with van der Waals surface area (Å²) < 4.78 is 10.7. The van der Waals surface area contributed by atoms with Gasteiger partial charge < -0.3 is 19.8 Å². The van der Waals surface area contributed by atoms with E-state index in [9.17, 15) is 4.79 Å². The van der Waals surface area contributed by atoms with Gasteiger partial charge in [0.15, 0.2) is 0 Å². The van der Waals surface area contributed by atoms with Crippen molar-refractivity contribution in [2.45, 2.75) is 25.9 Å². The van der Waals surface area contributed by atoms with Crippen LogP contribution < -0.4 is 10.1 Å². The molecule has 1 aromatic heterocycles. The Balaban J connectivity index is 1.55. The molecule has 0 aliphatic heterocycles. The highest BCUT2D eigenvalue weighted by Crippen LogP contribution is 2.33. The number of hydrogen-bond acceptors (Lipinski definition) is 3. The Morgan fingerprint density at radius 3 is 3.09 bits per heavy atom. The van der Waals surface area contributed by atoms with E-state index in [1.165, 1.54) is 5.56 Å². The van der Waals surface area contributed by atoms with Crippen molar-refractivity contribution in [1.82, 2.24) is 10.3 Å². The van der Waals surface area contributed by atoms with Gasteiger partial charge in [-0.1, -0.05) is 0 Å². The number of rotatable bonds is 7. The van der Waals surface area contributed by atoms with Gasteiger partial charge in [0.1, 0.15) is 5.75 Å². The number of ether oxygens (including phenoxy) is 2. The molecule has 2 N–H and O–H groups in total. The molecule has 2 aromatic rings. The van der Waals surface area contributed by atoms with E-state index in [0.717, 1.165) is 29.5 Å². The first kappa shape index (κ1) is 14.9. The van der Waals surface area contributed by atoms with Gasteiger partial charge in [0.05, 0.1) is 19.1 Å². The van der Waals surface area contributed by atoms with Crippen LogP contribution in [0.2, 0.25) is 0 Å². The summed E-state index contributed by atoms with van der Waals surface area (Å²) in [6.45, 7) is 3.27. The van der Waals surface area contributed by atoms with Crippen LogP contribution in [0.5, 0.6) is 5.75 Å². The summed E-state index contributed by atoms with van der Waals surface area (Å²) in [7, 11) is 1.66. The Morgan fingerprint density at radius 1 is 1.45 bits per heavy atom. The number of hydrogen-bond donors (Lipinski definition) is 2. The van der Waals surface area contributed by atoms with Crippen LogP contribution in [-0.4, -0.2) is 37.3 Å². The molecule has 0 spiro atoms. The van der Waals surface area contributed by atoms with E-state index in [0.29, 0.717) is 13.2 Å². The van der Waals surface area contributed by atoms with Crippen molar-refractivity contribution in [3.05, 3.63) is 30.0 Å². The number of aromatic nitrogens is 1. The fraction of sp³-hybridized carbons (Fsp3) is 0.471. The summed E-state index contributed by atoms with van der Waals surface area (Å²) in [6.07, 6.45) is 3.77. The topological polar surface area (TPSA) is 63.3 Å². The van der Waals surface area contributed by atoms with Crippen LogP contribution in [0, 0.1) is 5.92 Å². The monoisotopic (exact) mass is 302 g/mol. The fourth-order valence-corrected chi connectivity index (χ4v) is 2.79. The summed E-state index contributed by atoms with van der Waals surface area (Å²) in [6, 6.07) is 5.97. The van der Waals surface area contributed by atoms with Crippen LogP contribution in [0.1, 0.15) is 18.9 Å².